The number of amides is 1. The van der Waals surface area contributed by atoms with Gasteiger partial charge in [0.25, 0.3) is 0 Å². The molecule has 3 heterocycles. The highest BCUT2D eigenvalue weighted by atomic mass is 16.8. The largest absolute Gasteiger partial charge is 0.394 e. The highest BCUT2D eigenvalue weighted by Crippen LogP contribution is 2.33. The van der Waals surface area contributed by atoms with Crippen molar-refractivity contribution in [3.8, 4) is 0 Å². The molecule has 0 radical (unpaired) electrons. The summed E-state index contributed by atoms with van der Waals surface area (Å²) in [4.78, 5) is 13.3. The smallest absolute Gasteiger partial charge is 0.220 e. The van der Waals surface area contributed by atoms with Gasteiger partial charge in [-0.3, -0.25) is 4.79 Å². The zero-order valence-electron chi connectivity index (χ0n) is 53.0. The van der Waals surface area contributed by atoms with E-state index in [0.717, 1.165) is 44.9 Å². The van der Waals surface area contributed by atoms with Gasteiger partial charge in [-0.2, -0.15) is 0 Å². The molecule has 0 aromatic rings. The maximum absolute atomic E-state index is 13.3. The first-order valence-corrected chi connectivity index (χ1v) is 34.2. The van der Waals surface area contributed by atoms with Gasteiger partial charge in [-0.05, 0) is 44.9 Å². The van der Waals surface area contributed by atoms with Gasteiger partial charge in [0.2, 0.25) is 5.91 Å². The topological polar surface area (TPSA) is 307 Å². The number of unbranched alkanes of at least 4 members (excludes halogenated alkanes) is 32. The first kappa shape index (κ1) is 78.3. The summed E-state index contributed by atoms with van der Waals surface area (Å²) in [5, 5.41) is 120. The van der Waals surface area contributed by atoms with E-state index in [0.29, 0.717) is 12.8 Å². The second-order valence-corrected chi connectivity index (χ2v) is 24.6. The quantitative estimate of drug-likeness (QED) is 0.0201. The molecule has 0 aromatic heterocycles. The highest BCUT2D eigenvalue weighted by Gasteiger charge is 2.53. The predicted octanol–water partition coefficient (Wildman–Crippen LogP) is 8.44. The molecule has 19 heteroatoms. The lowest BCUT2D eigenvalue weighted by Crippen LogP contribution is -2.66. The first-order valence-electron chi connectivity index (χ1n) is 34.2. The molecule has 3 rings (SSSR count). The van der Waals surface area contributed by atoms with Crippen LogP contribution in [0.4, 0.5) is 0 Å². The molecule has 86 heavy (non-hydrogen) atoms. The molecule has 0 bridgehead atoms. The number of aliphatic hydroxyl groups excluding tert-OH is 11. The van der Waals surface area contributed by atoms with E-state index in [9.17, 15) is 61.0 Å². The van der Waals surface area contributed by atoms with Gasteiger partial charge < -0.3 is 89.9 Å². The second-order valence-electron chi connectivity index (χ2n) is 24.6. The Bertz CT molecular complexity index is 1710. The highest BCUT2D eigenvalue weighted by molar-refractivity contribution is 5.76. The van der Waals surface area contributed by atoms with Crippen molar-refractivity contribution in [2.75, 3.05) is 26.4 Å². The summed E-state index contributed by atoms with van der Waals surface area (Å²) in [6, 6.07) is -0.992. The normalized spacial score (nSPS) is 29.0. The Morgan fingerprint density at radius 2 is 0.744 bits per heavy atom. The van der Waals surface area contributed by atoms with Crippen LogP contribution >= 0.6 is 0 Å². The molecule has 504 valence electrons. The van der Waals surface area contributed by atoms with Crippen LogP contribution in [0.25, 0.3) is 0 Å². The predicted molar refractivity (Wildman–Crippen MR) is 333 cm³/mol. The van der Waals surface area contributed by atoms with Crippen LogP contribution in [0, 0.1) is 0 Å². The van der Waals surface area contributed by atoms with Crippen LogP contribution in [-0.4, -0.2) is 193 Å². The molecular formula is C67H123NO18. The van der Waals surface area contributed by atoms with Crippen molar-refractivity contribution in [3.05, 3.63) is 36.5 Å². The number of hydrogen-bond acceptors (Lipinski definition) is 18. The first-order chi connectivity index (χ1) is 41.8. The number of carbonyl (C=O) groups is 1. The fraction of sp³-hybridized carbons (Fsp3) is 0.896. The maximum atomic E-state index is 13.3. The fourth-order valence-electron chi connectivity index (χ4n) is 11.6. The zero-order chi connectivity index (χ0) is 62.6. The van der Waals surface area contributed by atoms with Crippen LogP contribution in [0.2, 0.25) is 0 Å². The van der Waals surface area contributed by atoms with Gasteiger partial charge in [-0.25, -0.2) is 0 Å². The Balaban J connectivity index is 1.38. The van der Waals surface area contributed by atoms with Crippen molar-refractivity contribution in [2.24, 2.45) is 0 Å². The minimum atomic E-state index is -1.98. The third-order valence-electron chi connectivity index (χ3n) is 17.2. The standard InChI is InChI=1S/C67H123NO18/c1-3-5-7-9-11-13-14-15-16-17-18-19-20-21-22-23-24-25-26-27-28-29-30-31-32-33-34-35-37-38-40-42-44-51(72)50(68-55(73)45-43-41-39-36-12-10-8-6-4-2)49-81-65-61(79)58(76)63(53(47-70)83-65)86-67-62(80)59(77)64(54(48-71)84-67)85-66-60(78)57(75)56(74)52(46-69)82-66/h31-32,35,37,42,44,50-54,56-67,69-72,74-80H,3-30,33-34,36,38-41,43,45-49H2,1-2H3,(H,68,73)/b32-31+,37-35+,44-42+. The average Bonchev–Trinajstić information content (AvgIpc) is 1.38. The van der Waals surface area contributed by atoms with E-state index in [1.807, 2.05) is 6.08 Å². The average molecular weight is 1230 g/mol. The summed E-state index contributed by atoms with van der Waals surface area (Å²) in [6.45, 7) is 1.68. The van der Waals surface area contributed by atoms with E-state index >= 15 is 0 Å². The monoisotopic (exact) mass is 1230 g/mol. The summed E-state index contributed by atoms with van der Waals surface area (Å²) < 4.78 is 34.2. The Kier molecular flexibility index (Phi) is 45.2. The van der Waals surface area contributed by atoms with E-state index in [1.54, 1.807) is 6.08 Å². The molecule has 0 spiro atoms. The van der Waals surface area contributed by atoms with Crippen molar-refractivity contribution in [3.63, 3.8) is 0 Å². The molecule has 3 aliphatic heterocycles. The van der Waals surface area contributed by atoms with Gasteiger partial charge in [0, 0.05) is 6.42 Å². The molecule has 17 atom stereocenters. The van der Waals surface area contributed by atoms with Crippen LogP contribution in [0.5, 0.6) is 0 Å². The van der Waals surface area contributed by atoms with Crippen molar-refractivity contribution in [1.29, 1.82) is 0 Å². The summed E-state index contributed by atoms with van der Waals surface area (Å²) in [6.07, 6.45) is 30.4. The number of allylic oxidation sites excluding steroid dienone is 5. The maximum Gasteiger partial charge on any atom is 0.220 e. The Morgan fingerprint density at radius 1 is 0.407 bits per heavy atom. The van der Waals surface area contributed by atoms with Gasteiger partial charge >= 0.3 is 0 Å². The molecule has 19 nitrogen and oxygen atoms in total. The molecule has 3 fully saturated rings. The molecule has 3 aliphatic rings. The minimum Gasteiger partial charge on any atom is -0.394 e. The summed E-state index contributed by atoms with van der Waals surface area (Å²) in [7, 11) is 0. The number of nitrogens with one attached hydrogen (secondary N) is 1. The molecule has 12 N–H and O–H groups in total. The summed E-state index contributed by atoms with van der Waals surface area (Å²) >= 11 is 0. The third-order valence-corrected chi connectivity index (χ3v) is 17.2. The number of aliphatic hydroxyl groups is 11. The Labute approximate surface area is 517 Å². The zero-order valence-corrected chi connectivity index (χ0v) is 53.0. The van der Waals surface area contributed by atoms with Crippen LogP contribution in [0.15, 0.2) is 36.5 Å². The van der Waals surface area contributed by atoms with E-state index in [1.165, 1.54) is 173 Å². The van der Waals surface area contributed by atoms with Crippen molar-refractivity contribution >= 4 is 5.91 Å². The summed E-state index contributed by atoms with van der Waals surface area (Å²) in [5.41, 5.74) is 0. The van der Waals surface area contributed by atoms with Crippen LogP contribution < -0.4 is 5.32 Å². The number of carbonyl (C=O) groups excluding carboxylic acids is 1. The van der Waals surface area contributed by atoms with Gasteiger partial charge in [0.15, 0.2) is 18.9 Å². The Morgan fingerprint density at radius 3 is 1.16 bits per heavy atom. The van der Waals surface area contributed by atoms with E-state index in [2.05, 4.69) is 43.5 Å². The number of ether oxygens (including phenoxy) is 6. The second kappa shape index (κ2) is 49.7. The molecule has 0 saturated carbocycles. The van der Waals surface area contributed by atoms with Crippen LogP contribution in [0.1, 0.15) is 251 Å². The molecule has 0 aliphatic carbocycles. The van der Waals surface area contributed by atoms with E-state index in [-0.39, 0.29) is 18.9 Å². The van der Waals surface area contributed by atoms with Crippen LogP contribution in [0.3, 0.4) is 0 Å². The molecular weight excluding hydrogens is 1110 g/mol. The number of rotatable bonds is 52. The van der Waals surface area contributed by atoms with Crippen LogP contribution in [-0.2, 0) is 33.2 Å². The van der Waals surface area contributed by atoms with Gasteiger partial charge in [0.1, 0.15) is 73.2 Å². The van der Waals surface area contributed by atoms with E-state index < -0.39 is 124 Å². The SMILES string of the molecule is CCCCCCCCCCCCCCCCCCCCCCCC/C=C/CC/C=C/CC/C=C/C(O)C(COC1OC(CO)C(OC2OC(CO)C(OC3OC(CO)C(O)C(O)C3O)C(O)C2O)C(O)C1O)NC(=O)CCCCCCCCCCC. The molecule has 1 amide bonds. The minimum absolute atomic E-state index is 0.233. The van der Waals surface area contributed by atoms with Gasteiger partial charge in [-0.1, -0.05) is 237 Å². The molecule has 3 saturated heterocycles. The lowest BCUT2D eigenvalue weighted by atomic mass is 9.96. The lowest BCUT2D eigenvalue weighted by Gasteiger charge is -2.48. The van der Waals surface area contributed by atoms with Crippen molar-refractivity contribution < 1.29 is 89.4 Å². The lowest BCUT2D eigenvalue weighted by molar-refractivity contribution is -0.379. The van der Waals surface area contributed by atoms with Gasteiger partial charge in [-0.15, -0.1) is 0 Å². The van der Waals surface area contributed by atoms with E-state index in [4.69, 9.17) is 28.4 Å². The summed E-state index contributed by atoms with van der Waals surface area (Å²) in [5.74, 6) is -0.292. The Hall–Kier alpha value is -1.99. The molecule has 17 unspecified atom stereocenters. The number of hydrogen-bond donors (Lipinski definition) is 12. The molecule has 0 aromatic carbocycles. The fourth-order valence-corrected chi connectivity index (χ4v) is 11.6. The van der Waals surface area contributed by atoms with Gasteiger partial charge in [0.05, 0.1) is 38.6 Å². The van der Waals surface area contributed by atoms with Crippen molar-refractivity contribution in [1.82, 2.24) is 5.32 Å². The third kappa shape index (κ3) is 31.8. The van der Waals surface area contributed by atoms with Crippen molar-refractivity contribution in [2.45, 2.75) is 356 Å².